The minimum atomic E-state index is -0.701. The maximum Gasteiger partial charge on any atom is 0.354 e. The molecule has 0 atom stereocenters. The van der Waals surface area contributed by atoms with Crippen molar-refractivity contribution >= 4 is 29.1 Å². The predicted molar refractivity (Wildman–Crippen MR) is 103 cm³/mol. The van der Waals surface area contributed by atoms with E-state index in [2.05, 4.69) is 5.10 Å². The molecule has 0 fully saturated rings. The molecule has 0 radical (unpaired) electrons. The highest BCUT2D eigenvalue weighted by molar-refractivity contribution is 6.38. The Morgan fingerprint density at radius 1 is 1.04 bits per heavy atom. The lowest BCUT2D eigenvalue weighted by Crippen LogP contribution is -2.35. The summed E-state index contributed by atoms with van der Waals surface area (Å²) in [4.78, 5) is 36.6. The van der Waals surface area contributed by atoms with Crippen LogP contribution >= 0.6 is 0 Å². The molecule has 144 valence electrons. The van der Waals surface area contributed by atoms with Crippen molar-refractivity contribution in [3.63, 3.8) is 0 Å². The summed E-state index contributed by atoms with van der Waals surface area (Å²) in [6.07, 6.45) is 0.327. The summed E-state index contributed by atoms with van der Waals surface area (Å²) in [5.74, 6) is -0.567. The molecule has 2 aromatic carbocycles. The van der Waals surface area contributed by atoms with E-state index in [-0.39, 0.29) is 30.2 Å². The van der Waals surface area contributed by atoms with Gasteiger partial charge in [-0.3, -0.25) is 9.59 Å². The number of nitrogens with zero attached hydrogens (tertiary/aromatic N) is 2. The van der Waals surface area contributed by atoms with Crippen LogP contribution in [0.2, 0.25) is 0 Å². The van der Waals surface area contributed by atoms with E-state index in [0.717, 1.165) is 0 Å². The zero-order valence-corrected chi connectivity index (χ0v) is 15.5. The Bertz CT molecular complexity index is 891. The minimum absolute atomic E-state index is 0.114. The highest BCUT2D eigenvalue weighted by Gasteiger charge is 2.26. The Morgan fingerprint density at radius 3 is 2.43 bits per heavy atom. The highest BCUT2D eigenvalue weighted by atomic mass is 16.5. The molecule has 1 heterocycles. The number of carbonyl (C=O) groups is 3. The normalized spacial score (nSPS) is 13.7. The van der Waals surface area contributed by atoms with Gasteiger partial charge in [-0.1, -0.05) is 18.2 Å². The average Bonchev–Trinajstić information content (AvgIpc) is 2.73. The van der Waals surface area contributed by atoms with Gasteiger partial charge >= 0.3 is 5.97 Å². The maximum absolute atomic E-state index is 12.3. The molecule has 2 aromatic rings. The summed E-state index contributed by atoms with van der Waals surface area (Å²) in [6.45, 7) is 2.01. The number of amides is 1. The van der Waals surface area contributed by atoms with Gasteiger partial charge in [0.25, 0.3) is 0 Å². The molecule has 0 saturated heterocycles. The van der Waals surface area contributed by atoms with Gasteiger partial charge in [0.2, 0.25) is 5.91 Å². The van der Waals surface area contributed by atoms with Crippen LogP contribution in [0.4, 0.5) is 5.69 Å². The number of benzene rings is 2. The first-order chi connectivity index (χ1) is 13.6. The lowest BCUT2D eigenvalue weighted by atomic mass is 10.1. The van der Waals surface area contributed by atoms with E-state index >= 15 is 0 Å². The number of Topliss-reactive ketones (excluding diaryl/α,β-unsaturated/α-hetero) is 1. The van der Waals surface area contributed by atoms with Gasteiger partial charge in [0.05, 0.1) is 12.3 Å². The zero-order valence-electron chi connectivity index (χ0n) is 15.5. The molecule has 1 aliphatic heterocycles. The van der Waals surface area contributed by atoms with Gasteiger partial charge in [0.1, 0.15) is 11.5 Å². The van der Waals surface area contributed by atoms with Crippen molar-refractivity contribution < 1.29 is 23.9 Å². The van der Waals surface area contributed by atoms with E-state index in [9.17, 15) is 14.4 Å². The fourth-order valence-electron chi connectivity index (χ4n) is 2.67. The Balaban J connectivity index is 1.62. The standard InChI is InChI=1S/C21H20N2O5/c1-2-27-17-10-8-15(9-11-17)19(24)14-28-21(26)18-12-13-20(25)23(22-18)16-6-4-3-5-7-16/h3-11H,2,12-14H2,1H3. The lowest BCUT2D eigenvalue weighted by Gasteiger charge is -2.22. The molecule has 0 unspecified atom stereocenters. The van der Waals surface area contributed by atoms with Crippen molar-refractivity contribution in [2.24, 2.45) is 5.10 Å². The largest absolute Gasteiger partial charge is 0.494 e. The van der Waals surface area contributed by atoms with Gasteiger partial charge in [-0.2, -0.15) is 5.10 Å². The van der Waals surface area contributed by atoms with E-state index in [0.29, 0.717) is 23.6 Å². The molecule has 0 N–H and O–H groups in total. The zero-order chi connectivity index (χ0) is 19.9. The van der Waals surface area contributed by atoms with Crippen molar-refractivity contribution in [1.29, 1.82) is 0 Å². The summed E-state index contributed by atoms with van der Waals surface area (Å²) in [5.41, 5.74) is 1.11. The number of hydrazone groups is 1. The molecule has 0 aromatic heterocycles. The molecule has 1 aliphatic rings. The fraction of sp³-hybridized carbons (Fsp3) is 0.238. The molecule has 7 nitrogen and oxygen atoms in total. The van der Waals surface area contributed by atoms with E-state index in [4.69, 9.17) is 9.47 Å². The second-order valence-electron chi connectivity index (χ2n) is 6.04. The van der Waals surface area contributed by atoms with Crippen molar-refractivity contribution in [3.05, 3.63) is 60.2 Å². The van der Waals surface area contributed by atoms with Crippen LogP contribution in [-0.2, 0) is 14.3 Å². The molecule has 0 bridgehead atoms. The maximum atomic E-state index is 12.3. The van der Waals surface area contributed by atoms with E-state index in [1.807, 2.05) is 13.0 Å². The number of para-hydroxylation sites is 1. The average molecular weight is 380 g/mol. The Morgan fingerprint density at radius 2 is 1.75 bits per heavy atom. The van der Waals surface area contributed by atoms with Crippen molar-refractivity contribution in [1.82, 2.24) is 0 Å². The first-order valence-electron chi connectivity index (χ1n) is 8.97. The Labute approximate surface area is 162 Å². The number of rotatable bonds is 7. The Kier molecular flexibility index (Phi) is 6.16. The van der Waals surface area contributed by atoms with Crippen LogP contribution in [-0.4, -0.2) is 36.6 Å². The monoisotopic (exact) mass is 380 g/mol. The minimum Gasteiger partial charge on any atom is -0.494 e. The van der Waals surface area contributed by atoms with Crippen LogP contribution < -0.4 is 9.75 Å². The summed E-state index contributed by atoms with van der Waals surface area (Å²) >= 11 is 0. The van der Waals surface area contributed by atoms with Crippen molar-refractivity contribution in [2.45, 2.75) is 19.8 Å². The van der Waals surface area contributed by atoms with Crippen LogP contribution in [0.25, 0.3) is 0 Å². The van der Waals surface area contributed by atoms with Gasteiger partial charge < -0.3 is 9.47 Å². The highest BCUT2D eigenvalue weighted by Crippen LogP contribution is 2.20. The number of carbonyl (C=O) groups excluding carboxylic acids is 3. The number of ketones is 1. The molecule has 3 rings (SSSR count). The van der Waals surface area contributed by atoms with Crippen LogP contribution in [0.3, 0.4) is 0 Å². The van der Waals surface area contributed by atoms with E-state index < -0.39 is 12.6 Å². The summed E-state index contributed by atoms with van der Waals surface area (Å²) < 4.78 is 10.4. The van der Waals surface area contributed by atoms with Crippen LogP contribution in [0.5, 0.6) is 5.75 Å². The number of esters is 1. The van der Waals surface area contributed by atoms with Crippen LogP contribution in [0, 0.1) is 0 Å². The molecular weight excluding hydrogens is 360 g/mol. The summed E-state index contributed by atoms with van der Waals surface area (Å²) in [7, 11) is 0. The molecule has 0 saturated carbocycles. The number of hydrogen-bond donors (Lipinski definition) is 0. The Hall–Kier alpha value is -3.48. The van der Waals surface area contributed by atoms with Gasteiger partial charge in [-0.25, -0.2) is 9.80 Å². The van der Waals surface area contributed by atoms with Gasteiger partial charge in [0, 0.05) is 18.4 Å². The third-order valence-electron chi connectivity index (χ3n) is 4.09. The third-order valence-corrected chi connectivity index (χ3v) is 4.09. The molecule has 28 heavy (non-hydrogen) atoms. The van der Waals surface area contributed by atoms with Crippen molar-refractivity contribution in [2.75, 3.05) is 18.2 Å². The predicted octanol–water partition coefficient (Wildman–Crippen LogP) is 2.99. The van der Waals surface area contributed by atoms with Crippen LogP contribution in [0.15, 0.2) is 59.7 Å². The lowest BCUT2D eigenvalue weighted by molar-refractivity contribution is -0.134. The van der Waals surface area contributed by atoms with Gasteiger partial charge in [-0.15, -0.1) is 0 Å². The van der Waals surface area contributed by atoms with Gasteiger partial charge in [0.15, 0.2) is 12.4 Å². The first kappa shape index (κ1) is 19.3. The summed E-state index contributed by atoms with van der Waals surface area (Å²) in [5, 5.41) is 5.30. The molecule has 1 amide bonds. The first-order valence-corrected chi connectivity index (χ1v) is 8.97. The molecule has 7 heteroatoms. The smallest absolute Gasteiger partial charge is 0.354 e. The molecule has 0 spiro atoms. The third kappa shape index (κ3) is 4.62. The second kappa shape index (κ2) is 8.94. The van der Waals surface area contributed by atoms with Gasteiger partial charge in [-0.05, 0) is 43.3 Å². The number of hydrogen-bond acceptors (Lipinski definition) is 6. The quantitative estimate of drug-likeness (QED) is 0.544. The number of anilines is 1. The van der Waals surface area contributed by atoms with Crippen molar-refractivity contribution in [3.8, 4) is 5.75 Å². The fourth-order valence-corrected chi connectivity index (χ4v) is 2.67. The summed E-state index contributed by atoms with van der Waals surface area (Å²) in [6, 6.07) is 15.4. The van der Waals surface area contributed by atoms with E-state index in [1.54, 1.807) is 48.5 Å². The second-order valence-corrected chi connectivity index (χ2v) is 6.04. The SMILES string of the molecule is CCOc1ccc(C(=O)COC(=O)C2=NN(c3ccccc3)C(=O)CC2)cc1. The van der Waals surface area contributed by atoms with E-state index in [1.165, 1.54) is 5.01 Å². The number of ether oxygens (including phenoxy) is 2. The molecular formula is C21H20N2O5. The van der Waals surface area contributed by atoms with Crippen LogP contribution in [0.1, 0.15) is 30.1 Å². The topological polar surface area (TPSA) is 85.3 Å². The molecule has 0 aliphatic carbocycles.